The van der Waals surface area contributed by atoms with Crippen LogP contribution in [0.3, 0.4) is 0 Å². The van der Waals surface area contributed by atoms with Gasteiger partial charge in [0.25, 0.3) is 11.5 Å². The van der Waals surface area contributed by atoms with Crippen LogP contribution in [0.5, 0.6) is 0 Å². The zero-order valence-corrected chi connectivity index (χ0v) is 20.3. The first-order chi connectivity index (χ1) is 17.5. The molecule has 1 saturated carbocycles. The molecular formula is C24H28N8O4. The van der Waals surface area contributed by atoms with E-state index in [0.29, 0.717) is 34.4 Å². The third-order valence-corrected chi connectivity index (χ3v) is 6.42. The quantitative estimate of drug-likeness (QED) is 0.355. The summed E-state index contributed by atoms with van der Waals surface area (Å²) in [6.45, 7) is 1.76. The third-order valence-electron chi connectivity index (χ3n) is 6.42. The molecule has 2 atom stereocenters. The Morgan fingerprint density at radius 2 is 2.17 bits per heavy atom. The van der Waals surface area contributed by atoms with E-state index in [2.05, 4.69) is 31.0 Å². The maximum atomic E-state index is 13.2. The number of hydrogen-bond donors (Lipinski definition) is 3. The Balaban J connectivity index is 1.46. The van der Waals surface area contributed by atoms with Crippen LogP contribution < -0.4 is 21.5 Å². The molecule has 0 spiro atoms. The number of carbonyl (C=O) groups excluding carboxylic acids is 1. The summed E-state index contributed by atoms with van der Waals surface area (Å²) in [5, 5.41) is 13.6. The molecule has 4 aromatic heterocycles. The normalized spacial score (nSPS) is 17.8. The standard InChI is InChI=1S/C24H28N8O4/c1-14-24(36-13-26-14)31-9-5-8-18(23(31)34)29-19-11-20(25-2)32-21(30-19)17(12-27-32)22(33)28-15-6-4-7-16(10-15)35-3/h5,8-9,11-13,15-16,25H,4,6-7,10H2,1-3H3,(H,28,33)(H,29,30)/t15?,16-/m0/s1. The highest BCUT2D eigenvalue weighted by Gasteiger charge is 2.25. The lowest BCUT2D eigenvalue weighted by atomic mass is 9.92. The third kappa shape index (κ3) is 4.42. The van der Waals surface area contributed by atoms with Crippen LogP contribution in [0, 0.1) is 6.92 Å². The lowest BCUT2D eigenvalue weighted by molar-refractivity contribution is 0.0563. The van der Waals surface area contributed by atoms with E-state index >= 15 is 0 Å². The Hall–Kier alpha value is -4.19. The molecular weight excluding hydrogens is 464 g/mol. The first-order valence-electron chi connectivity index (χ1n) is 11.8. The van der Waals surface area contributed by atoms with Crippen LogP contribution in [0.25, 0.3) is 11.5 Å². The molecule has 12 heteroatoms. The van der Waals surface area contributed by atoms with Crippen molar-refractivity contribution in [2.45, 2.75) is 44.8 Å². The lowest BCUT2D eigenvalue weighted by Gasteiger charge is -2.28. The van der Waals surface area contributed by atoms with E-state index in [1.165, 1.54) is 17.2 Å². The zero-order valence-electron chi connectivity index (χ0n) is 20.3. The van der Waals surface area contributed by atoms with Gasteiger partial charge in [0.05, 0.1) is 12.3 Å². The molecule has 0 aromatic carbocycles. The Morgan fingerprint density at radius 1 is 1.31 bits per heavy atom. The molecule has 36 heavy (non-hydrogen) atoms. The number of anilines is 3. The maximum Gasteiger partial charge on any atom is 0.281 e. The van der Waals surface area contributed by atoms with Crippen LogP contribution in [0.4, 0.5) is 17.3 Å². The Kier molecular flexibility index (Phi) is 6.42. The van der Waals surface area contributed by atoms with Gasteiger partial charge in [-0.2, -0.15) is 9.61 Å². The summed E-state index contributed by atoms with van der Waals surface area (Å²) in [6.07, 6.45) is 8.22. The van der Waals surface area contributed by atoms with E-state index in [1.54, 1.807) is 50.0 Å². The number of aromatic nitrogens is 5. The fraction of sp³-hybridized carbons (Fsp3) is 0.375. The fourth-order valence-electron chi connectivity index (χ4n) is 4.53. The second-order valence-electron chi connectivity index (χ2n) is 8.73. The van der Waals surface area contributed by atoms with Gasteiger partial charge in [0, 0.05) is 32.5 Å². The van der Waals surface area contributed by atoms with Crippen LogP contribution in [0.15, 0.2) is 46.2 Å². The summed E-state index contributed by atoms with van der Waals surface area (Å²) >= 11 is 0. The predicted octanol–water partition coefficient (Wildman–Crippen LogP) is 2.65. The molecule has 4 heterocycles. The molecule has 0 aliphatic heterocycles. The Morgan fingerprint density at radius 3 is 2.92 bits per heavy atom. The summed E-state index contributed by atoms with van der Waals surface area (Å²) in [7, 11) is 3.45. The van der Waals surface area contributed by atoms with Crippen molar-refractivity contribution in [3.8, 4) is 5.88 Å². The number of fused-ring (bicyclic) bond motifs is 1. The van der Waals surface area contributed by atoms with Crippen molar-refractivity contribution in [1.82, 2.24) is 29.5 Å². The smallest absolute Gasteiger partial charge is 0.281 e. The predicted molar refractivity (Wildman–Crippen MR) is 133 cm³/mol. The zero-order chi connectivity index (χ0) is 25.2. The van der Waals surface area contributed by atoms with E-state index in [-0.39, 0.29) is 29.3 Å². The minimum absolute atomic E-state index is 0.0264. The summed E-state index contributed by atoms with van der Waals surface area (Å²) in [6, 6.07) is 5.11. The molecule has 4 aromatic rings. The van der Waals surface area contributed by atoms with E-state index in [0.717, 1.165) is 25.7 Å². The summed E-state index contributed by atoms with van der Waals surface area (Å²) in [4.78, 5) is 34.9. The van der Waals surface area contributed by atoms with Gasteiger partial charge in [0.2, 0.25) is 5.88 Å². The number of aryl methyl sites for hydroxylation is 1. The Bertz CT molecular complexity index is 1460. The summed E-state index contributed by atoms with van der Waals surface area (Å²) in [5.41, 5.74) is 1.25. The average molecular weight is 493 g/mol. The number of nitrogens with zero attached hydrogens (tertiary/aromatic N) is 5. The minimum Gasteiger partial charge on any atom is -0.427 e. The number of oxazole rings is 1. The topological polar surface area (TPSA) is 141 Å². The van der Waals surface area contributed by atoms with Crippen LogP contribution in [-0.4, -0.2) is 56.4 Å². The molecule has 3 N–H and O–H groups in total. The van der Waals surface area contributed by atoms with Gasteiger partial charge in [-0.25, -0.2) is 9.97 Å². The number of pyridine rings is 1. The highest BCUT2D eigenvalue weighted by atomic mass is 16.5. The maximum absolute atomic E-state index is 13.2. The number of carbonyl (C=O) groups is 1. The van der Waals surface area contributed by atoms with Gasteiger partial charge in [0.15, 0.2) is 12.0 Å². The molecule has 12 nitrogen and oxygen atoms in total. The molecule has 1 aliphatic rings. The molecule has 1 aliphatic carbocycles. The van der Waals surface area contributed by atoms with Gasteiger partial charge in [-0.1, -0.05) is 0 Å². The Labute approximate surface area is 206 Å². The van der Waals surface area contributed by atoms with E-state index < -0.39 is 0 Å². The van der Waals surface area contributed by atoms with Crippen molar-refractivity contribution in [2.24, 2.45) is 0 Å². The van der Waals surface area contributed by atoms with Crippen LogP contribution in [0.1, 0.15) is 41.7 Å². The van der Waals surface area contributed by atoms with Gasteiger partial charge in [-0.3, -0.25) is 14.2 Å². The molecule has 0 saturated heterocycles. The van der Waals surface area contributed by atoms with Crippen molar-refractivity contribution in [3.63, 3.8) is 0 Å². The highest BCUT2D eigenvalue weighted by molar-refractivity contribution is 6.00. The number of rotatable bonds is 7. The second kappa shape index (κ2) is 9.82. The fourth-order valence-corrected chi connectivity index (χ4v) is 4.53. The van der Waals surface area contributed by atoms with Crippen molar-refractivity contribution >= 4 is 28.9 Å². The number of methoxy groups -OCH3 is 1. The molecule has 0 bridgehead atoms. The first kappa shape index (κ1) is 23.5. The largest absolute Gasteiger partial charge is 0.427 e. The lowest BCUT2D eigenvalue weighted by Crippen LogP contribution is -2.40. The minimum atomic E-state index is -0.332. The molecule has 1 amide bonds. The van der Waals surface area contributed by atoms with Crippen LogP contribution >= 0.6 is 0 Å². The molecule has 0 radical (unpaired) electrons. The number of nitrogens with one attached hydrogen (secondary N) is 3. The summed E-state index contributed by atoms with van der Waals surface area (Å²) in [5.74, 6) is 1.07. The van der Waals surface area contributed by atoms with Gasteiger partial charge >= 0.3 is 0 Å². The van der Waals surface area contributed by atoms with Crippen molar-refractivity contribution in [3.05, 3.63) is 58.6 Å². The highest BCUT2D eigenvalue weighted by Crippen LogP contribution is 2.23. The number of amides is 1. The van der Waals surface area contributed by atoms with Crippen LogP contribution in [-0.2, 0) is 4.74 Å². The molecule has 5 rings (SSSR count). The monoisotopic (exact) mass is 492 g/mol. The summed E-state index contributed by atoms with van der Waals surface area (Å²) < 4.78 is 13.8. The van der Waals surface area contributed by atoms with Gasteiger partial charge in [-0.15, -0.1) is 0 Å². The number of hydrogen-bond acceptors (Lipinski definition) is 9. The van der Waals surface area contributed by atoms with Crippen molar-refractivity contribution in [1.29, 1.82) is 0 Å². The molecule has 1 fully saturated rings. The SMILES string of the molecule is CNc1cc(Nc2cccn(-c3ocnc3C)c2=O)nc2c(C(=O)NC3CCC[C@H](OC)C3)cnn12. The molecule has 188 valence electrons. The van der Waals surface area contributed by atoms with Gasteiger partial charge in [-0.05, 0) is 44.7 Å². The van der Waals surface area contributed by atoms with Crippen molar-refractivity contribution < 1.29 is 13.9 Å². The van der Waals surface area contributed by atoms with Gasteiger partial charge in [0.1, 0.15) is 28.6 Å². The average Bonchev–Trinajstić information content (AvgIpc) is 3.51. The van der Waals surface area contributed by atoms with E-state index in [4.69, 9.17) is 9.15 Å². The van der Waals surface area contributed by atoms with Crippen molar-refractivity contribution in [2.75, 3.05) is 24.8 Å². The van der Waals surface area contributed by atoms with E-state index in [9.17, 15) is 9.59 Å². The van der Waals surface area contributed by atoms with Crippen LogP contribution in [0.2, 0.25) is 0 Å². The van der Waals surface area contributed by atoms with E-state index in [1.807, 2.05) is 0 Å². The number of ether oxygens (including phenoxy) is 1. The molecule has 1 unspecified atom stereocenters. The first-order valence-corrected chi connectivity index (χ1v) is 11.8. The van der Waals surface area contributed by atoms with Gasteiger partial charge < -0.3 is 25.1 Å². The second-order valence-corrected chi connectivity index (χ2v) is 8.73.